The number of benzene rings is 1. The van der Waals surface area contributed by atoms with Crippen molar-refractivity contribution in [1.29, 1.82) is 0 Å². The molecule has 150 valence electrons. The third kappa shape index (κ3) is 3.48. The molecule has 0 unspecified atom stereocenters. The number of aromatic nitrogens is 4. The van der Waals surface area contributed by atoms with Crippen LogP contribution in [0.1, 0.15) is 6.92 Å². The van der Waals surface area contributed by atoms with Crippen molar-refractivity contribution in [3.63, 3.8) is 0 Å². The van der Waals surface area contributed by atoms with E-state index >= 15 is 0 Å². The van der Waals surface area contributed by atoms with Crippen LogP contribution in [0.25, 0.3) is 26.1 Å². The van der Waals surface area contributed by atoms with Crippen LogP contribution in [0.15, 0.2) is 41.7 Å². The number of ether oxygens (including phenoxy) is 1. The summed E-state index contributed by atoms with van der Waals surface area (Å²) in [5, 5.41) is 0.704. The molecule has 0 fully saturated rings. The van der Waals surface area contributed by atoms with E-state index in [4.69, 9.17) is 0 Å². The number of halogens is 3. The summed E-state index contributed by atoms with van der Waals surface area (Å²) in [5.41, 5.74) is 0.528. The monoisotopic (exact) mass is 421 g/mol. The Kier molecular flexibility index (Phi) is 4.61. The van der Waals surface area contributed by atoms with E-state index in [9.17, 15) is 18.0 Å². The molecule has 0 amide bonds. The van der Waals surface area contributed by atoms with Crippen molar-refractivity contribution in [3.05, 3.63) is 47.3 Å². The van der Waals surface area contributed by atoms with Crippen LogP contribution in [0.4, 0.5) is 19.0 Å². The number of rotatable bonds is 4. The second-order valence-corrected chi connectivity index (χ2v) is 7.13. The Balaban J connectivity index is 1.83. The van der Waals surface area contributed by atoms with Crippen molar-refractivity contribution in [3.8, 4) is 11.4 Å². The third-order valence-corrected chi connectivity index (χ3v) is 5.42. The van der Waals surface area contributed by atoms with E-state index in [0.717, 1.165) is 12.1 Å². The molecule has 0 atom stereocenters. The number of hydrogen-bond acceptors (Lipinski definition) is 7. The van der Waals surface area contributed by atoms with E-state index in [2.05, 4.69) is 19.7 Å². The van der Waals surface area contributed by atoms with E-state index in [1.54, 1.807) is 0 Å². The Labute approximate surface area is 166 Å². The lowest BCUT2D eigenvalue weighted by Gasteiger charge is -2.15. The first kappa shape index (κ1) is 19.1. The molecule has 4 aromatic rings. The number of fused-ring (bicyclic) bond motifs is 3. The molecule has 7 nitrogen and oxygen atoms in total. The smallest absolute Gasteiger partial charge is 0.406 e. The van der Waals surface area contributed by atoms with Gasteiger partial charge in [-0.15, -0.1) is 24.5 Å². The molecule has 0 radical (unpaired) electrons. The molecule has 0 saturated carbocycles. The molecule has 3 heterocycles. The van der Waals surface area contributed by atoms with Gasteiger partial charge in [0.15, 0.2) is 0 Å². The lowest BCUT2D eigenvalue weighted by Crippen LogP contribution is -2.19. The minimum atomic E-state index is -4.78. The van der Waals surface area contributed by atoms with Crippen LogP contribution in [0.2, 0.25) is 0 Å². The van der Waals surface area contributed by atoms with Gasteiger partial charge in [-0.2, -0.15) is 0 Å². The largest absolute Gasteiger partial charge is 0.573 e. The molecule has 0 aliphatic rings. The molecule has 0 aliphatic heterocycles. The second kappa shape index (κ2) is 6.99. The zero-order valence-electron chi connectivity index (χ0n) is 15.3. The number of hydrogen-bond donors (Lipinski definition) is 0. The highest BCUT2D eigenvalue weighted by Gasteiger charge is 2.31. The lowest BCUT2D eigenvalue weighted by atomic mass is 10.3. The van der Waals surface area contributed by atoms with Gasteiger partial charge in [-0.25, -0.2) is 15.0 Å². The Morgan fingerprint density at radius 2 is 1.90 bits per heavy atom. The van der Waals surface area contributed by atoms with Gasteiger partial charge in [-0.05, 0) is 31.2 Å². The molecule has 11 heteroatoms. The minimum absolute atomic E-state index is 0.340. The SMILES string of the molecule is CCN(C)c1ncnc2sc3c(=O)n(-c4ccc(OC(F)(F)F)cc4)cnc3c12. The summed E-state index contributed by atoms with van der Waals surface area (Å²) >= 11 is 1.20. The van der Waals surface area contributed by atoms with E-state index in [1.807, 2.05) is 18.9 Å². The maximum atomic E-state index is 13.0. The first-order valence-corrected chi connectivity index (χ1v) is 9.32. The second-order valence-electron chi connectivity index (χ2n) is 6.13. The molecular weight excluding hydrogens is 407 g/mol. The number of nitrogens with zero attached hydrogens (tertiary/aromatic N) is 5. The lowest BCUT2D eigenvalue weighted by molar-refractivity contribution is -0.274. The van der Waals surface area contributed by atoms with Gasteiger partial charge in [0, 0.05) is 13.6 Å². The molecular formula is C18H14F3N5O2S. The summed E-state index contributed by atoms with van der Waals surface area (Å²) < 4.78 is 42.5. The summed E-state index contributed by atoms with van der Waals surface area (Å²) in [6, 6.07) is 5.01. The standard InChI is InChI=1S/C18H14F3N5O2S/c1-3-25(2)15-12-13-14(29-16(12)23-8-22-15)17(27)26(9-24-13)10-4-6-11(7-5-10)28-18(19,20)21/h4-9H,3H2,1-2H3. The zero-order valence-corrected chi connectivity index (χ0v) is 16.1. The average molecular weight is 421 g/mol. The third-order valence-electron chi connectivity index (χ3n) is 4.34. The highest BCUT2D eigenvalue weighted by molar-refractivity contribution is 7.25. The van der Waals surface area contributed by atoms with Gasteiger partial charge in [-0.3, -0.25) is 9.36 Å². The predicted octanol–water partition coefficient (Wildman–Crippen LogP) is 3.75. The minimum Gasteiger partial charge on any atom is -0.406 e. The van der Waals surface area contributed by atoms with Crippen LogP contribution in [0.5, 0.6) is 5.75 Å². The van der Waals surface area contributed by atoms with E-state index < -0.39 is 6.36 Å². The van der Waals surface area contributed by atoms with Crippen LogP contribution in [-0.4, -0.2) is 39.5 Å². The summed E-state index contributed by atoms with van der Waals surface area (Å²) in [7, 11) is 1.89. The van der Waals surface area contributed by atoms with Gasteiger partial charge >= 0.3 is 6.36 Å². The first-order valence-electron chi connectivity index (χ1n) is 8.50. The topological polar surface area (TPSA) is 73.1 Å². The van der Waals surface area contributed by atoms with Crippen molar-refractivity contribution in [2.24, 2.45) is 0 Å². The maximum Gasteiger partial charge on any atom is 0.573 e. The van der Waals surface area contributed by atoms with E-state index in [1.165, 1.54) is 40.7 Å². The van der Waals surface area contributed by atoms with Crippen LogP contribution < -0.4 is 15.2 Å². The summed E-state index contributed by atoms with van der Waals surface area (Å²) in [4.78, 5) is 28.6. The van der Waals surface area contributed by atoms with Crippen molar-refractivity contribution in [1.82, 2.24) is 19.5 Å². The fourth-order valence-corrected chi connectivity index (χ4v) is 3.90. The first-order chi connectivity index (χ1) is 13.8. The van der Waals surface area contributed by atoms with Crippen molar-refractivity contribution < 1.29 is 17.9 Å². The molecule has 29 heavy (non-hydrogen) atoms. The van der Waals surface area contributed by atoms with Gasteiger partial charge in [-0.1, -0.05) is 0 Å². The van der Waals surface area contributed by atoms with Crippen LogP contribution in [-0.2, 0) is 0 Å². The van der Waals surface area contributed by atoms with Gasteiger partial charge < -0.3 is 9.64 Å². The molecule has 0 bridgehead atoms. The molecule has 0 N–H and O–H groups in total. The van der Waals surface area contributed by atoms with Crippen LogP contribution in [0.3, 0.4) is 0 Å². The number of anilines is 1. The van der Waals surface area contributed by atoms with Gasteiger partial charge in [0.1, 0.15) is 39.3 Å². The quantitative estimate of drug-likeness (QED) is 0.500. The van der Waals surface area contributed by atoms with Crippen molar-refractivity contribution >= 4 is 37.6 Å². The molecule has 1 aromatic carbocycles. The average Bonchev–Trinajstić information content (AvgIpc) is 3.07. The Bertz CT molecular complexity index is 1250. The Morgan fingerprint density at radius 3 is 2.55 bits per heavy atom. The van der Waals surface area contributed by atoms with Crippen molar-refractivity contribution in [2.75, 3.05) is 18.5 Å². The van der Waals surface area contributed by atoms with Crippen LogP contribution >= 0.6 is 11.3 Å². The van der Waals surface area contributed by atoms with Gasteiger partial charge in [0.2, 0.25) is 0 Å². The highest BCUT2D eigenvalue weighted by Crippen LogP contribution is 2.34. The number of thiophene rings is 1. The van der Waals surface area contributed by atoms with Crippen LogP contribution in [0, 0.1) is 0 Å². The fraction of sp³-hybridized carbons (Fsp3) is 0.222. The Hall–Kier alpha value is -3.21. The zero-order chi connectivity index (χ0) is 20.8. The highest BCUT2D eigenvalue weighted by atomic mass is 32.1. The van der Waals surface area contributed by atoms with Crippen molar-refractivity contribution in [2.45, 2.75) is 13.3 Å². The molecule has 0 spiro atoms. The summed E-state index contributed by atoms with van der Waals surface area (Å²) in [6.45, 7) is 2.70. The predicted molar refractivity (Wildman–Crippen MR) is 104 cm³/mol. The summed E-state index contributed by atoms with van der Waals surface area (Å²) in [6.07, 6.45) is -1.99. The molecule has 3 aromatic heterocycles. The van der Waals surface area contributed by atoms with Gasteiger partial charge in [0.25, 0.3) is 5.56 Å². The Morgan fingerprint density at radius 1 is 1.17 bits per heavy atom. The maximum absolute atomic E-state index is 13.0. The van der Waals surface area contributed by atoms with Gasteiger partial charge in [0.05, 0.1) is 11.1 Å². The molecule has 0 aliphatic carbocycles. The molecule has 4 rings (SSSR count). The molecule has 0 saturated heterocycles. The fourth-order valence-electron chi connectivity index (χ4n) is 2.88. The van der Waals surface area contributed by atoms with E-state index in [-0.39, 0.29) is 11.3 Å². The summed E-state index contributed by atoms with van der Waals surface area (Å²) in [5.74, 6) is 0.315. The normalized spacial score (nSPS) is 11.9. The number of alkyl halides is 3. The van der Waals surface area contributed by atoms with E-state index in [0.29, 0.717) is 38.5 Å².